The van der Waals surface area contributed by atoms with Crippen LogP contribution in [0.1, 0.15) is 18.9 Å². The number of nitrogens with one attached hydrogen (secondary N) is 1. The molecule has 0 fully saturated rings. The first-order valence-electron chi connectivity index (χ1n) is 5.66. The number of nitriles is 1. The Balaban J connectivity index is 2.64. The van der Waals surface area contributed by atoms with Crippen molar-refractivity contribution in [1.29, 1.82) is 5.26 Å². The maximum Gasteiger partial charge on any atom is 0.307 e. The second kappa shape index (κ2) is 6.96. The first kappa shape index (κ1) is 14.4. The molecule has 0 unspecified atom stereocenters. The number of nitro benzene ring substituents is 1. The van der Waals surface area contributed by atoms with E-state index in [2.05, 4.69) is 5.32 Å². The van der Waals surface area contributed by atoms with Gasteiger partial charge in [0.25, 0.3) is 5.69 Å². The quantitative estimate of drug-likeness (QED) is 0.477. The highest BCUT2D eigenvalue weighted by Crippen LogP contribution is 2.21. The molecule has 1 aromatic rings. The van der Waals surface area contributed by atoms with Gasteiger partial charge < -0.3 is 10.1 Å². The Kier molecular flexibility index (Phi) is 5.29. The summed E-state index contributed by atoms with van der Waals surface area (Å²) in [6, 6.07) is 5.89. The molecule has 1 rings (SSSR count). The summed E-state index contributed by atoms with van der Waals surface area (Å²) in [5.74, 6) is -0.322. The van der Waals surface area contributed by atoms with Crippen molar-refractivity contribution >= 4 is 17.3 Å². The highest BCUT2D eigenvalue weighted by molar-refractivity contribution is 5.70. The molecule has 100 valence electrons. The highest BCUT2D eigenvalue weighted by atomic mass is 16.6. The van der Waals surface area contributed by atoms with Crippen molar-refractivity contribution in [2.24, 2.45) is 0 Å². The van der Waals surface area contributed by atoms with E-state index in [0.29, 0.717) is 18.8 Å². The average Bonchev–Trinajstić information content (AvgIpc) is 2.38. The second-order valence-corrected chi connectivity index (χ2v) is 3.58. The summed E-state index contributed by atoms with van der Waals surface area (Å²) in [6.07, 6.45) is 0.187. The average molecular weight is 263 g/mol. The molecule has 0 aromatic heterocycles. The molecule has 0 amide bonds. The topological polar surface area (TPSA) is 105 Å². The van der Waals surface area contributed by atoms with Gasteiger partial charge in [0.1, 0.15) is 11.6 Å². The lowest BCUT2D eigenvalue weighted by Gasteiger charge is -2.06. The summed E-state index contributed by atoms with van der Waals surface area (Å²) in [5.41, 5.74) is 0.288. The monoisotopic (exact) mass is 263 g/mol. The third-order valence-electron chi connectivity index (χ3n) is 2.28. The van der Waals surface area contributed by atoms with E-state index < -0.39 is 4.92 Å². The zero-order valence-electron chi connectivity index (χ0n) is 10.4. The Bertz CT molecular complexity index is 522. The molecule has 7 nitrogen and oxygen atoms in total. The summed E-state index contributed by atoms with van der Waals surface area (Å²) in [7, 11) is 0. The molecule has 0 atom stereocenters. The van der Waals surface area contributed by atoms with Crippen molar-refractivity contribution in [3.63, 3.8) is 0 Å². The van der Waals surface area contributed by atoms with Gasteiger partial charge in [0.15, 0.2) is 0 Å². The zero-order valence-corrected chi connectivity index (χ0v) is 10.4. The van der Waals surface area contributed by atoms with Gasteiger partial charge in [-0.2, -0.15) is 5.26 Å². The summed E-state index contributed by atoms with van der Waals surface area (Å²) in [5, 5.41) is 22.4. The van der Waals surface area contributed by atoms with E-state index in [1.165, 1.54) is 18.2 Å². The van der Waals surface area contributed by atoms with Crippen molar-refractivity contribution in [2.75, 3.05) is 18.5 Å². The number of anilines is 1. The molecule has 0 aliphatic heterocycles. The molecule has 0 spiro atoms. The molecule has 1 N–H and O–H groups in total. The van der Waals surface area contributed by atoms with Crippen molar-refractivity contribution < 1.29 is 14.5 Å². The number of carbonyl (C=O) groups is 1. The fourth-order valence-corrected chi connectivity index (χ4v) is 1.44. The van der Waals surface area contributed by atoms with Crippen LogP contribution in [-0.4, -0.2) is 24.0 Å². The third-order valence-corrected chi connectivity index (χ3v) is 2.28. The molecule has 0 bridgehead atoms. The van der Waals surface area contributed by atoms with E-state index in [4.69, 9.17) is 10.00 Å². The zero-order chi connectivity index (χ0) is 14.3. The maximum absolute atomic E-state index is 11.1. The van der Waals surface area contributed by atoms with Gasteiger partial charge >= 0.3 is 5.97 Å². The van der Waals surface area contributed by atoms with Crippen molar-refractivity contribution in [2.45, 2.75) is 13.3 Å². The molecule has 19 heavy (non-hydrogen) atoms. The third kappa shape index (κ3) is 4.27. The van der Waals surface area contributed by atoms with Crippen LogP contribution in [0.3, 0.4) is 0 Å². The van der Waals surface area contributed by atoms with E-state index in [0.717, 1.165) is 0 Å². The maximum atomic E-state index is 11.1. The number of nitrogens with zero attached hydrogens (tertiary/aromatic N) is 2. The van der Waals surface area contributed by atoms with Crippen molar-refractivity contribution in [1.82, 2.24) is 0 Å². The highest BCUT2D eigenvalue weighted by Gasteiger charge is 2.13. The van der Waals surface area contributed by atoms with Crippen molar-refractivity contribution in [3.05, 3.63) is 33.9 Å². The number of rotatable bonds is 6. The fraction of sp³-hybridized carbons (Fsp3) is 0.333. The fourth-order valence-electron chi connectivity index (χ4n) is 1.44. The largest absolute Gasteiger partial charge is 0.466 e. The number of ether oxygens (including phenoxy) is 1. The van der Waals surface area contributed by atoms with Gasteiger partial charge in [0.2, 0.25) is 0 Å². The van der Waals surface area contributed by atoms with Crippen LogP contribution in [-0.2, 0) is 9.53 Å². The van der Waals surface area contributed by atoms with Crippen molar-refractivity contribution in [3.8, 4) is 6.07 Å². The Morgan fingerprint density at radius 3 is 2.89 bits per heavy atom. The summed E-state index contributed by atoms with van der Waals surface area (Å²) in [6.45, 7) is 2.39. The van der Waals surface area contributed by atoms with Gasteiger partial charge in [0, 0.05) is 18.3 Å². The minimum atomic E-state index is -0.610. The molecule has 0 aliphatic carbocycles. The first-order valence-corrected chi connectivity index (χ1v) is 5.66. The summed E-state index contributed by atoms with van der Waals surface area (Å²) < 4.78 is 4.75. The summed E-state index contributed by atoms with van der Waals surface area (Å²) in [4.78, 5) is 21.1. The molecule has 0 heterocycles. The van der Waals surface area contributed by atoms with E-state index in [9.17, 15) is 14.9 Å². The molecule has 0 saturated carbocycles. The predicted octanol–water partition coefficient (Wildman–Crippen LogP) is 1.83. The van der Waals surface area contributed by atoms with E-state index in [1.807, 2.05) is 0 Å². The Hall–Kier alpha value is -2.62. The minimum Gasteiger partial charge on any atom is -0.466 e. The Morgan fingerprint density at radius 1 is 1.58 bits per heavy atom. The van der Waals surface area contributed by atoms with Gasteiger partial charge in [-0.3, -0.25) is 14.9 Å². The van der Waals surface area contributed by atoms with Crippen LogP contribution in [0.2, 0.25) is 0 Å². The molecule has 0 radical (unpaired) electrons. The van der Waals surface area contributed by atoms with Crippen LogP contribution in [0, 0.1) is 21.4 Å². The van der Waals surface area contributed by atoms with Crippen LogP contribution in [0.5, 0.6) is 0 Å². The van der Waals surface area contributed by atoms with Crippen LogP contribution < -0.4 is 5.32 Å². The number of hydrogen-bond donors (Lipinski definition) is 1. The number of esters is 1. The van der Waals surface area contributed by atoms with Crippen LogP contribution in [0.25, 0.3) is 0 Å². The number of benzene rings is 1. The number of carbonyl (C=O) groups excluding carboxylic acids is 1. The first-order chi connectivity index (χ1) is 9.08. The second-order valence-electron chi connectivity index (χ2n) is 3.58. The lowest BCUT2D eigenvalue weighted by Crippen LogP contribution is -2.11. The van der Waals surface area contributed by atoms with Crippen LogP contribution in [0.15, 0.2) is 18.2 Å². The smallest absolute Gasteiger partial charge is 0.307 e. The molecular formula is C12H13N3O4. The molecular weight excluding hydrogens is 250 g/mol. The lowest BCUT2D eigenvalue weighted by molar-refractivity contribution is -0.385. The van der Waals surface area contributed by atoms with Crippen LogP contribution in [0.4, 0.5) is 11.4 Å². The van der Waals surface area contributed by atoms with Gasteiger partial charge in [-0.15, -0.1) is 0 Å². The van der Waals surface area contributed by atoms with Crippen LogP contribution >= 0.6 is 0 Å². The minimum absolute atomic E-state index is 0.0221. The van der Waals surface area contributed by atoms with E-state index in [-0.39, 0.29) is 23.6 Å². The lowest BCUT2D eigenvalue weighted by atomic mass is 10.1. The molecule has 0 saturated heterocycles. The van der Waals surface area contributed by atoms with E-state index in [1.54, 1.807) is 13.0 Å². The number of hydrogen-bond acceptors (Lipinski definition) is 6. The van der Waals surface area contributed by atoms with Gasteiger partial charge in [0.05, 0.1) is 18.0 Å². The standard InChI is InChI=1S/C12H13N3O4/c1-2-19-12(16)5-6-14-10-3-4-11(15(17)18)9(7-10)8-13/h3-4,7,14H,2,5-6H2,1H3. The number of nitro groups is 1. The van der Waals surface area contributed by atoms with Gasteiger partial charge in [-0.25, -0.2) is 0 Å². The molecule has 7 heteroatoms. The van der Waals surface area contributed by atoms with E-state index >= 15 is 0 Å². The molecule has 1 aromatic carbocycles. The SMILES string of the molecule is CCOC(=O)CCNc1ccc([N+](=O)[O-])c(C#N)c1. The Labute approximate surface area is 109 Å². The normalized spacial score (nSPS) is 9.47. The van der Waals surface area contributed by atoms with Gasteiger partial charge in [-0.05, 0) is 19.1 Å². The predicted molar refractivity (Wildman–Crippen MR) is 67.6 cm³/mol. The van der Waals surface area contributed by atoms with Gasteiger partial charge in [-0.1, -0.05) is 0 Å². The molecule has 0 aliphatic rings. The summed E-state index contributed by atoms with van der Waals surface area (Å²) >= 11 is 0. The Morgan fingerprint density at radius 2 is 2.32 bits per heavy atom.